The quantitative estimate of drug-likeness (QED) is 0.783. The molecule has 1 aliphatic rings. The summed E-state index contributed by atoms with van der Waals surface area (Å²) in [6.45, 7) is 0. The second-order valence-electron chi connectivity index (χ2n) is 4.22. The molecule has 0 radical (unpaired) electrons. The molecule has 15 heavy (non-hydrogen) atoms. The van der Waals surface area contributed by atoms with Crippen LogP contribution in [0.15, 0.2) is 30.3 Å². The molecule has 1 saturated carbocycles. The third kappa shape index (κ3) is 1.93. The summed E-state index contributed by atoms with van der Waals surface area (Å²) in [6.07, 6.45) is 4.79. The minimum Gasteiger partial charge on any atom is -0.231 e. The number of hydrogen-bond donors (Lipinski definition) is 1. The second-order valence-corrected chi connectivity index (χ2v) is 5.59. The zero-order chi connectivity index (χ0) is 10.7. The Hall–Kier alpha value is -0.830. The van der Waals surface area contributed by atoms with Crippen LogP contribution in [-0.2, 0) is 15.5 Å². The first kappa shape index (κ1) is 10.7. The fourth-order valence-corrected chi connectivity index (χ4v) is 3.50. The van der Waals surface area contributed by atoms with Crippen LogP contribution in [0.1, 0.15) is 37.7 Å². The summed E-state index contributed by atoms with van der Waals surface area (Å²) in [5.41, 5.74) is 0.973. The van der Waals surface area contributed by atoms with E-state index in [0.717, 1.165) is 37.7 Å². The van der Waals surface area contributed by atoms with Crippen LogP contribution >= 0.6 is 0 Å². The largest absolute Gasteiger partial charge is 0.231 e. The highest BCUT2D eigenvalue weighted by atomic mass is 32.2. The van der Waals surface area contributed by atoms with Gasteiger partial charge in [-0.25, -0.2) is 8.42 Å². The van der Waals surface area contributed by atoms with Crippen molar-refractivity contribution in [1.29, 1.82) is 0 Å². The Kier molecular flexibility index (Phi) is 3.10. The molecular formula is C12H16O2S. The Morgan fingerprint density at radius 1 is 0.933 bits per heavy atom. The highest BCUT2D eigenvalue weighted by Gasteiger charge is 2.36. The monoisotopic (exact) mass is 224 g/mol. The number of benzene rings is 1. The van der Waals surface area contributed by atoms with Crippen molar-refractivity contribution in [2.45, 2.75) is 36.9 Å². The number of thiol groups is 1. The van der Waals surface area contributed by atoms with Crippen LogP contribution in [0.4, 0.5) is 0 Å². The van der Waals surface area contributed by atoms with E-state index in [9.17, 15) is 8.42 Å². The highest BCUT2D eigenvalue weighted by molar-refractivity contribution is 7.73. The minimum atomic E-state index is -2.38. The van der Waals surface area contributed by atoms with Gasteiger partial charge in [-0.2, -0.15) is 0 Å². The normalized spacial score (nSPS) is 20.3. The molecule has 0 unspecified atom stereocenters. The molecule has 1 aromatic carbocycles. The highest BCUT2D eigenvalue weighted by Crippen LogP contribution is 2.39. The van der Waals surface area contributed by atoms with Crippen molar-refractivity contribution in [1.82, 2.24) is 0 Å². The molecule has 2 rings (SSSR count). The molecule has 0 bridgehead atoms. The van der Waals surface area contributed by atoms with Gasteiger partial charge in [0, 0.05) is 0 Å². The smallest absolute Gasteiger partial charge is 0.150 e. The summed E-state index contributed by atoms with van der Waals surface area (Å²) in [6, 6.07) is 9.65. The predicted octanol–water partition coefficient (Wildman–Crippen LogP) is 2.46. The molecule has 3 heteroatoms. The van der Waals surface area contributed by atoms with E-state index >= 15 is 0 Å². The van der Waals surface area contributed by atoms with Gasteiger partial charge in [-0.3, -0.25) is 0 Å². The molecule has 0 heterocycles. The Balaban J connectivity index is 2.43. The molecule has 0 atom stereocenters. The Morgan fingerprint density at radius 2 is 1.53 bits per heavy atom. The number of rotatable bonds is 2. The Bertz CT molecular complexity index is 381. The first-order valence-electron chi connectivity index (χ1n) is 5.46. The van der Waals surface area contributed by atoms with E-state index in [1.54, 1.807) is 0 Å². The van der Waals surface area contributed by atoms with Crippen molar-refractivity contribution in [2.75, 3.05) is 0 Å². The van der Waals surface area contributed by atoms with Gasteiger partial charge in [0.15, 0.2) is 0 Å². The van der Waals surface area contributed by atoms with Crippen LogP contribution in [0.25, 0.3) is 0 Å². The summed E-state index contributed by atoms with van der Waals surface area (Å²) in [4.78, 5) is 0. The van der Waals surface area contributed by atoms with Crippen molar-refractivity contribution in [2.24, 2.45) is 0 Å². The van der Waals surface area contributed by atoms with Crippen LogP contribution in [0.5, 0.6) is 0 Å². The summed E-state index contributed by atoms with van der Waals surface area (Å²) in [5, 5.41) is 0. The summed E-state index contributed by atoms with van der Waals surface area (Å²) >= 11 is 0. The van der Waals surface area contributed by atoms with Gasteiger partial charge in [0.2, 0.25) is 0 Å². The molecule has 2 nitrogen and oxygen atoms in total. The van der Waals surface area contributed by atoms with Crippen molar-refractivity contribution >= 4 is 10.7 Å². The summed E-state index contributed by atoms with van der Waals surface area (Å²) < 4.78 is 22.5. The van der Waals surface area contributed by atoms with Gasteiger partial charge in [-0.1, -0.05) is 49.6 Å². The van der Waals surface area contributed by atoms with E-state index in [-0.39, 0.29) is 0 Å². The van der Waals surface area contributed by atoms with E-state index in [2.05, 4.69) is 0 Å². The van der Waals surface area contributed by atoms with Gasteiger partial charge in [0.1, 0.15) is 10.7 Å². The maximum absolute atomic E-state index is 11.5. The van der Waals surface area contributed by atoms with Crippen LogP contribution < -0.4 is 0 Å². The Morgan fingerprint density at radius 3 is 2.07 bits per heavy atom. The van der Waals surface area contributed by atoms with E-state index in [0.29, 0.717) is 0 Å². The molecule has 1 aromatic rings. The lowest BCUT2D eigenvalue weighted by molar-refractivity contribution is 0.387. The SMILES string of the molecule is O=[SH](=O)C1(c2ccccc2)CCCCC1. The third-order valence-electron chi connectivity index (χ3n) is 3.34. The average Bonchev–Trinajstić information content (AvgIpc) is 2.31. The van der Waals surface area contributed by atoms with Gasteiger partial charge in [0.05, 0.1) is 4.75 Å². The van der Waals surface area contributed by atoms with Gasteiger partial charge in [-0.15, -0.1) is 0 Å². The molecule has 82 valence electrons. The molecule has 0 N–H and O–H groups in total. The van der Waals surface area contributed by atoms with Gasteiger partial charge in [-0.05, 0) is 18.4 Å². The molecule has 1 aliphatic carbocycles. The first-order chi connectivity index (χ1) is 7.26. The second kappa shape index (κ2) is 4.35. The molecule has 0 aliphatic heterocycles. The molecule has 0 spiro atoms. The van der Waals surface area contributed by atoms with E-state index in [1.807, 2.05) is 30.3 Å². The Labute approximate surface area is 92.3 Å². The maximum atomic E-state index is 11.5. The summed E-state index contributed by atoms with van der Waals surface area (Å²) in [7, 11) is -2.38. The van der Waals surface area contributed by atoms with E-state index in [4.69, 9.17) is 0 Å². The first-order valence-corrected chi connectivity index (χ1v) is 6.63. The van der Waals surface area contributed by atoms with Gasteiger partial charge < -0.3 is 0 Å². The third-order valence-corrected chi connectivity index (χ3v) is 4.75. The van der Waals surface area contributed by atoms with Gasteiger partial charge >= 0.3 is 0 Å². The van der Waals surface area contributed by atoms with Crippen molar-refractivity contribution in [3.63, 3.8) is 0 Å². The standard InChI is InChI=1S/C12H16O2S/c13-15(14)12(9-5-2-6-10-12)11-7-3-1-4-8-11/h1,3-4,7-8,15H,2,5-6,9-10H2. The molecule has 0 saturated heterocycles. The molecule has 0 amide bonds. The van der Waals surface area contributed by atoms with Crippen molar-refractivity contribution in [3.8, 4) is 0 Å². The van der Waals surface area contributed by atoms with Crippen LogP contribution in [0, 0.1) is 0 Å². The van der Waals surface area contributed by atoms with Crippen LogP contribution in [-0.4, -0.2) is 8.42 Å². The molecule has 1 fully saturated rings. The van der Waals surface area contributed by atoms with E-state index in [1.165, 1.54) is 0 Å². The maximum Gasteiger partial charge on any atom is 0.150 e. The fraction of sp³-hybridized carbons (Fsp3) is 0.500. The predicted molar refractivity (Wildman–Crippen MR) is 61.5 cm³/mol. The van der Waals surface area contributed by atoms with Crippen LogP contribution in [0.3, 0.4) is 0 Å². The minimum absolute atomic E-state index is 0.575. The lowest BCUT2D eigenvalue weighted by atomic mass is 9.83. The van der Waals surface area contributed by atoms with E-state index < -0.39 is 15.5 Å². The zero-order valence-electron chi connectivity index (χ0n) is 8.69. The molecular weight excluding hydrogens is 208 g/mol. The molecule has 0 aromatic heterocycles. The average molecular weight is 224 g/mol. The topological polar surface area (TPSA) is 34.1 Å². The number of hydrogen-bond acceptors (Lipinski definition) is 2. The van der Waals surface area contributed by atoms with Gasteiger partial charge in [0.25, 0.3) is 0 Å². The fourth-order valence-electron chi connectivity index (χ4n) is 2.46. The summed E-state index contributed by atoms with van der Waals surface area (Å²) in [5.74, 6) is 0. The zero-order valence-corrected chi connectivity index (χ0v) is 9.58. The van der Waals surface area contributed by atoms with Crippen molar-refractivity contribution < 1.29 is 8.42 Å². The lowest BCUT2D eigenvalue weighted by Gasteiger charge is -2.32. The van der Waals surface area contributed by atoms with Crippen molar-refractivity contribution in [3.05, 3.63) is 35.9 Å². The lowest BCUT2D eigenvalue weighted by Crippen LogP contribution is -2.30. The van der Waals surface area contributed by atoms with Crippen LogP contribution in [0.2, 0.25) is 0 Å².